The maximum Gasteiger partial charge on any atom is 0.328 e. The van der Waals surface area contributed by atoms with Gasteiger partial charge in [0.25, 0.3) is 0 Å². The number of carboxylic acid groups (broad SMARTS) is 1. The molecule has 170 valence electrons. The monoisotopic (exact) mass is 428 g/mol. The fraction of sp³-hybridized carbons (Fsp3) is 0.577. The van der Waals surface area contributed by atoms with E-state index in [0.717, 1.165) is 36.5 Å². The van der Waals surface area contributed by atoms with Crippen LogP contribution in [0.25, 0.3) is 0 Å². The van der Waals surface area contributed by atoms with Gasteiger partial charge in [-0.1, -0.05) is 62.8 Å². The molecule has 31 heavy (non-hydrogen) atoms. The van der Waals surface area contributed by atoms with E-state index in [4.69, 9.17) is 9.84 Å². The zero-order chi connectivity index (χ0) is 22.8. The Morgan fingerprint density at radius 1 is 1.32 bits per heavy atom. The van der Waals surface area contributed by atoms with E-state index in [-0.39, 0.29) is 30.5 Å². The molecule has 0 spiro atoms. The SMILES string of the molecule is CCC(C)C1OC1(C)C1(O)C(C)=CC2CC(CO)=CCC2C1/C=C/C=C/C=C/C(=O)O. The van der Waals surface area contributed by atoms with Crippen LogP contribution in [0.2, 0.25) is 0 Å². The first-order valence-corrected chi connectivity index (χ1v) is 11.3. The van der Waals surface area contributed by atoms with Gasteiger partial charge in [0.05, 0.1) is 12.7 Å². The molecule has 7 atom stereocenters. The summed E-state index contributed by atoms with van der Waals surface area (Å²) < 4.78 is 6.22. The van der Waals surface area contributed by atoms with Gasteiger partial charge >= 0.3 is 5.97 Å². The number of rotatable bonds is 8. The van der Waals surface area contributed by atoms with Gasteiger partial charge in [-0.2, -0.15) is 0 Å². The van der Waals surface area contributed by atoms with Crippen LogP contribution in [0.5, 0.6) is 0 Å². The molecule has 0 saturated carbocycles. The van der Waals surface area contributed by atoms with Crippen molar-refractivity contribution in [3.63, 3.8) is 0 Å². The highest BCUT2D eigenvalue weighted by Crippen LogP contribution is 2.60. The second kappa shape index (κ2) is 9.27. The molecule has 3 aliphatic rings. The number of carbonyl (C=O) groups is 1. The molecule has 7 unspecified atom stereocenters. The van der Waals surface area contributed by atoms with Gasteiger partial charge in [0.2, 0.25) is 0 Å². The zero-order valence-corrected chi connectivity index (χ0v) is 19.0. The van der Waals surface area contributed by atoms with E-state index in [9.17, 15) is 15.0 Å². The van der Waals surface area contributed by atoms with Gasteiger partial charge in [0, 0.05) is 12.0 Å². The third kappa shape index (κ3) is 4.36. The first-order chi connectivity index (χ1) is 14.7. The Balaban J connectivity index is 1.95. The van der Waals surface area contributed by atoms with Crippen molar-refractivity contribution in [1.82, 2.24) is 0 Å². The number of carboxylic acids is 1. The number of allylic oxidation sites excluding steroid dienone is 6. The largest absolute Gasteiger partial charge is 0.478 e. The van der Waals surface area contributed by atoms with E-state index in [1.165, 1.54) is 6.08 Å². The van der Waals surface area contributed by atoms with Crippen LogP contribution in [0.1, 0.15) is 47.0 Å². The summed E-state index contributed by atoms with van der Waals surface area (Å²) in [5, 5.41) is 30.5. The van der Waals surface area contributed by atoms with Crippen molar-refractivity contribution in [3.05, 3.63) is 59.8 Å². The number of ether oxygens (including phenoxy) is 1. The zero-order valence-electron chi connectivity index (χ0n) is 19.0. The molecule has 0 amide bonds. The molecule has 3 N–H and O–H groups in total. The lowest BCUT2D eigenvalue weighted by molar-refractivity contribution is -0.131. The molecular formula is C26H36O5. The van der Waals surface area contributed by atoms with Crippen molar-refractivity contribution < 1.29 is 24.9 Å². The van der Waals surface area contributed by atoms with E-state index in [1.54, 1.807) is 12.2 Å². The minimum absolute atomic E-state index is 0.0134. The summed E-state index contributed by atoms with van der Waals surface area (Å²) in [5.74, 6) is -0.296. The van der Waals surface area contributed by atoms with Crippen LogP contribution in [0, 0.1) is 23.7 Å². The molecule has 1 aliphatic heterocycles. The van der Waals surface area contributed by atoms with Crippen molar-refractivity contribution in [2.24, 2.45) is 23.7 Å². The van der Waals surface area contributed by atoms with Crippen molar-refractivity contribution in [3.8, 4) is 0 Å². The molecular weight excluding hydrogens is 392 g/mol. The molecule has 0 aromatic carbocycles. The second-order valence-electron chi connectivity index (χ2n) is 9.43. The van der Waals surface area contributed by atoms with Gasteiger partial charge in [-0.15, -0.1) is 0 Å². The van der Waals surface area contributed by atoms with Crippen molar-refractivity contribution in [2.75, 3.05) is 6.61 Å². The van der Waals surface area contributed by atoms with E-state index < -0.39 is 17.2 Å². The summed E-state index contributed by atoms with van der Waals surface area (Å²) in [6.07, 6.45) is 16.9. The lowest BCUT2D eigenvalue weighted by atomic mass is 9.56. The lowest BCUT2D eigenvalue weighted by Gasteiger charge is -2.50. The molecule has 0 aromatic heterocycles. The molecule has 5 nitrogen and oxygen atoms in total. The van der Waals surface area contributed by atoms with E-state index >= 15 is 0 Å². The Bertz CT molecular complexity index is 835. The predicted molar refractivity (Wildman–Crippen MR) is 121 cm³/mol. The molecule has 1 heterocycles. The van der Waals surface area contributed by atoms with Crippen LogP contribution in [-0.2, 0) is 9.53 Å². The number of aliphatic hydroxyl groups excluding tert-OH is 1. The van der Waals surface area contributed by atoms with Crippen LogP contribution in [0.15, 0.2) is 59.8 Å². The quantitative estimate of drug-likeness (QED) is 0.233. The Morgan fingerprint density at radius 2 is 2.03 bits per heavy atom. The summed E-state index contributed by atoms with van der Waals surface area (Å²) in [4.78, 5) is 10.6. The summed E-state index contributed by atoms with van der Waals surface area (Å²) in [7, 11) is 0. The predicted octanol–water partition coefficient (Wildman–Crippen LogP) is 4.20. The Kier molecular flexibility index (Phi) is 7.09. The van der Waals surface area contributed by atoms with Crippen molar-refractivity contribution in [1.29, 1.82) is 0 Å². The Morgan fingerprint density at radius 3 is 2.68 bits per heavy atom. The molecule has 1 saturated heterocycles. The van der Waals surface area contributed by atoms with Crippen LogP contribution >= 0.6 is 0 Å². The highest BCUT2D eigenvalue weighted by molar-refractivity contribution is 5.80. The minimum Gasteiger partial charge on any atom is -0.478 e. The van der Waals surface area contributed by atoms with Gasteiger partial charge in [-0.05, 0) is 55.6 Å². The van der Waals surface area contributed by atoms with Crippen molar-refractivity contribution >= 4 is 5.97 Å². The van der Waals surface area contributed by atoms with Crippen LogP contribution < -0.4 is 0 Å². The average molecular weight is 429 g/mol. The van der Waals surface area contributed by atoms with Gasteiger partial charge < -0.3 is 20.1 Å². The Labute approximate surface area is 185 Å². The van der Waals surface area contributed by atoms with Gasteiger partial charge in [0.15, 0.2) is 0 Å². The third-order valence-electron chi connectivity index (χ3n) is 7.60. The smallest absolute Gasteiger partial charge is 0.328 e. The lowest BCUT2D eigenvalue weighted by Crippen LogP contribution is -2.57. The molecule has 1 fully saturated rings. The topological polar surface area (TPSA) is 90.3 Å². The number of hydrogen-bond donors (Lipinski definition) is 3. The van der Waals surface area contributed by atoms with Crippen LogP contribution in [0.3, 0.4) is 0 Å². The van der Waals surface area contributed by atoms with Crippen LogP contribution in [0.4, 0.5) is 0 Å². The molecule has 0 radical (unpaired) electrons. The highest BCUT2D eigenvalue weighted by Gasteiger charge is 2.70. The average Bonchev–Trinajstić information content (AvgIpc) is 3.45. The van der Waals surface area contributed by atoms with Crippen LogP contribution in [-0.4, -0.2) is 45.2 Å². The normalized spacial score (nSPS) is 38.9. The standard InChI is InChI=1S/C26H36O5/c1-5-17(2)24-25(4,31-24)26(30)18(3)14-20-15-19(16-27)12-13-21(20)22(26)10-8-6-7-9-11-23(28)29/h6-12,14,17,20-22,24,27,30H,5,13,15-16H2,1-4H3,(H,28,29)/b7-6+,10-8+,11-9+. The fourth-order valence-corrected chi connectivity index (χ4v) is 5.62. The maximum absolute atomic E-state index is 12.2. The third-order valence-corrected chi connectivity index (χ3v) is 7.60. The Hall–Kier alpha value is -1.95. The first kappa shape index (κ1) is 23.7. The van der Waals surface area contributed by atoms with E-state index in [2.05, 4.69) is 32.1 Å². The van der Waals surface area contributed by atoms with E-state index in [1.807, 2.05) is 19.9 Å². The summed E-state index contributed by atoms with van der Waals surface area (Å²) >= 11 is 0. The molecule has 3 rings (SSSR count). The minimum atomic E-state index is -1.12. The maximum atomic E-state index is 12.2. The summed E-state index contributed by atoms with van der Waals surface area (Å²) in [5.41, 5.74) is 0.236. The summed E-state index contributed by atoms with van der Waals surface area (Å²) in [6, 6.07) is 0. The first-order valence-electron chi connectivity index (χ1n) is 11.3. The number of aliphatic hydroxyl groups is 2. The van der Waals surface area contributed by atoms with Gasteiger partial charge in [-0.3, -0.25) is 0 Å². The molecule has 2 aliphatic carbocycles. The number of aliphatic carboxylic acids is 1. The van der Waals surface area contributed by atoms with Gasteiger partial charge in [0.1, 0.15) is 11.2 Å². The van der Waals surface area contributed by atoms with E-state index in [0.29, 0.717) is 5.92 Å². The fourth-order valence-electron chi connectivity index (χ4n) is 5.62. The van der Waals surface area contributed by atoms with Crippen molar-refractivity contribution in [2.45, 2.75) is 64.3 Å². The molecule has 0 bridgehead atoms. The highest BCUT2D eigenvalue weighted by atomic mass is 16.6. The molecule has 0 aromatic rings. The number of hydrogen-bond acceptors (Lipinski definition) is 4. The number of epoxide rings is 1. The van der Waals surface area contributed by atoms with Gasteiger partial charge in [-0.25, -0.2) is 4.79 Å². The summed E-state index contributed by atoms with van der Waals surface area (Å²) in [6.45, 7) is 8.43. The molecule has 5 heteroatoms. The second-order valence-corrected chi connectivity index (χ2v) is 9.43. The number of fused-ring (bicyclic) bond motifs is 1.